The van der Waals surface area contributed by atoms with E-state index in [1.165, 1.54) is 0 Å². The van der Waals surface area contributed by atoms with Gasteiger partial charge in [-0.3, -0.25) is 4.79 Å². The van der Waals surface area contributed by atoms with Crippen molar-refractivity contribution in [3.05, 3.63) is 28.7 Å². The van der Waals surface area contributed by atoms with Crippen molar-refractivity contribution in [3.63, 3.8) is 0 Å². The Morgan fingerprint density at radius 1 is 1.30 bits per heavy atom. The number of hydrogen-bond donors (Lipinski definition) is 1. The van der Waals surface area contributed by atoms with E-state index < -0.39 is 5.54 Å². The number of carbonyl (C=O) groups is 1. The molecule has 0 aliphatic heterocycles. The van der Waals surface area contributed by atoms with Gasteiger partial charge in [0.25, 0.3) is 5.91 Å². The number of carbonyl (C=O) groups excluding carboxylic acids is 1. The zero-order chi connectivity index (χ0) is 14.4. The topological polar surface area (TPSA) is 62.1 Å². The molecule has 2 rings (SSSR count). The van der Waals surface area contributed by atoms with Gasteiger partial charge in [0, 0.05) is 4.47 Å². The molecule has 0 heterocycles. The second-order valence-electron chi connectivity index (χ2n) is 5.05. The minimum absolute atomic E-state index is 0.0644. The lowest BCUT2D eigenvalue weighted by atomic mass is 9.83. The van der Waals surface area contributed by atoms with Crippen molar-refractivity contribution in [3.8, 4) is 11.8 Å². The van der Waals surface area contributed by atoms with E-state index >= 15 is 0 Å². The SMILES string of the molecule is N#CC1(NC(=O)COc2ccc(Br)cc2)CCCCC1. The van der Waals surface area contributed by atoms with Crippen molar-refractivity contribution in [1.82, 2.24) is 5.32 Å². The molecule has 0 radical (unpaired) electrons. The molecule has 0 spiro atoms. The van der Waals surface area contributed by atoms with Crippen LogP contribution in [0.25, 0.3) is 0 Å². The lowest BCUT2D eigenvalue weighted by molar-refractivity contribution is -0.124. The lowest BCUT2D eigenvalue weighted by Crippen LogP contribution is -2.50. The largest absolute Gasteiger partial charge is 0.484 e. The molecule has 1 aliphatic rings. The highest BCUT2D eigenvalue weighted by molar-refractivity contribution is 9.10. The summed E-state index contributed by atoms with van der Waals surface area (Å²) >= 11 is 3.34. The number of nitriles is 1. The predicted octanol–water partition coefficient (Wildman–Crippen LogP) is 3.17. The summed E-state index contributed by atoms with van der Waals surface area (Å²) in [4.78, 5) is 11.9. The van der Waals surface area contributed by atoms with E-state index in [9.17, 15) is 10.1 Å². The summed E-state index contributed by atoms with van der Waals surface area (Å²) in [6.45, 7) is -0.0644. The average Bonchev–Trinajstić information content (AvgIpc) is 2.47. The third kappa shape index (κ3) is 3.97. The zero-order valence-corrected chi connectivity index (χ0v) is 12.8. The molecule has 1 N–H and O–H groups in total. The average molecular weight is 337 g/mol. The van der Waals surface area contributed by atoms with Gasteiger partial charge < -0.3 is 10.1 Å². The first-order chi connectivity index (χ1) is 9.63. The fourth-order valence-electron chi connectivity index (χ4n) is 2.40. The van der Waals surface area contributed by atoms with Crippen molar-refractivity contribution in [2.24, 2.45) is 0 Å². The number of nitrogens with zero attached hydrogens (tertiary/aromatic N) is 1. The Balaban J connectivity index is 1.85. The molecule has 0 aromatic heterocycles. The third-order valence-corrected chi connectivity index (χ3v) is 4.01. The molecular weight excluding hydrogens is 320 g/mol. The molecule has 1 fully saturated rings. The van der Waals surface area contributed by atoms with Crippen LogP contribution in [0.3, 0.4) is 0 Å². The fraction of sp³-hybridized carbons (Fsp3) is 0.467. The Bertz CT molecular complexity index is 502. The molecular formula is C15H17BrN2O2. The van der Waals surface area contributed by atoms with Crippen molar-refractivity contribution in [2.45, 2.75) is 37.6 Å². The smallest absolute Gasteiger partial charge is 0.259 e. The molecule has 1 amide bonds. The molecule has 1 aromatic carbocycles. The Labute approximate surface area is 127 Å². The maximum Gasteiger partial charge on any atom is 0.259 e. The first-order valence-corrected chi connectivity index (χ1v) is 7.53. The maximum atomic E-state index is 11.9. The van der Waals surface area contributed by atoms with Gasteiger partial charge in [-0.05, 0) is 37.1 Å². The van der Waals surface area contributed by atoms with E-state index in [2.05, 4.69) is 27.3 Å². The van der Waals surface area contributed by atoms with Crippen LogP contribution in [0.5, 0.6) is 5.75 Å². The molecule has 0 atom stereocenters. The Kier molecular flexibility index (Phi) is 5.02. The van der Waals surface area contributed by atoms with Gasteiger partial charge in [0.05, 0.1) is 6.07 Å². The fourth-order valence-corrected chi connectivity index (χ4v) is 2.67. The summed E-state index contributed by atoms with van der Waals surface area (Å²) in [7, 11) is 0. The highest BCUT2D eigenvalue weighted by Crippen LogP contribution is 2.27. The second-order valence-corrected chi connectivity index (χ2v) is 5.96. The van der Waals surface area contributed by atoms with Crippen LogP contribution in [-0.4, -0.2) is 18.1 Å². The van der Waals surface area contributed by atoms with Crippen molar-refractivity contribution >= 4 is 21.8 Å². The van der Waals surface area contributed by atoms with E-state index in [0.29, 0.717) is 5.75 Å². The Hall–Kier alpha value is -1.54. The first-order valence-electron chi connectivity index (χ1n) is 6.74. The van der Waals surface area contributed by atoms with E-state index in [4.69, 9.17) is 4.74 Å². The van der Waals surface area contributed by atoms with Crippen LogP contribution in [0.2, 0.25) is 0 Å². The van der Waals surface area contributed by atoms with Crippen LogP contribution in [0, 0.1) is 11.3 Å². The van der Waals surface area contributed by atoms with Crippen molar-refractivity contribution in [1.29, 1.82) is 5.26 Å². The van der Waals surface area contributed by atoms with Crippen LogP contribution in [-0.2, 0) is 4.79 Å². The highest BCUT2D eigenvalue weighted by Gasteiger charge is 2.33. The van der Waals surface area contributed by atoms with E-state index in [0.717, 1.165) is 36.6 Å². The Morgan fingerprint density at radius 3 is 2.55 bits per heavy atom. The number of hydrogen-bond acceptors (Lipinski definition) is 3. The predicted molar refractivity (Wildman–Crippen MR) is 79.2 cm³/mol. The molecule has 4 nitrogen and oxygen atoms in total. The van der Waals surface area contributed by atoms with Gasteiger partial charge in [-0.2, -0.15) is 5.26 Å². The number of halogens is 1. The van der Waals surface area contributed by atoms with Gasteiger partial charge in [0.1, 0.15) is 11.3 Å². The number of rotatable bonds is 4. The second kappa shape index (κ2) is 6.76. The van der Waals surface area contributed by atoms with Crippen LogP contribution >= 0.6 is 15.9 Å². The molecule has 1 aliphatic carbocycles. The van der Waals surface area contributed by atoms with Gasteiger partial charge in [0.15, 0.2) is 6.61 Å². The lowest BCUT2D eigenvalue weighted by Gasteiger charge is -2.31. The summed E-state index contributed by atoms with van der Waals surface area (Å²) in [5, 5.41) is 12.1. The summed E-state index contributed by atoms with van der Waals surface area (Å²) in [5.41, 5.74) is -0.696. The Morgan fingerprint density at radius 2 is 1.95 bits per heavy atom. The normalized spacial score (nSPS) is 17.0. The van der Waals surface area contributed by atoms with Crippen molar-refractivity contribution in [2.75, 3.05) is 6.61 Å². The molecule has 1 saturated carbocycles. The number of amides is 1. The van der Waals surface area contributed by atoms with Crippen LogP contribution in [0.4, 0.5) is 0 Å². The zero-order valence-electron chi connectivity index (χ0n) is 11.2. The molecule has 106 valence electrons. The standard InChI is InChI=1S/C15H17BrN2O2/c16-12-4-6-13(7-5-12)20-10-14(19)18-15(11-17)8-2-1-3-9-15/h4-7H,1-3,8-10H2,(H,18,19). The van der Waals surface area contributed by atoms with Gasteiger partial charge in [0.2, 0.25) is 0 Å². The van der Waals surface area contributed by atoms with Crippen molar-refractivity contribution < 1.29 is 9.53 Å². The van der Waals surface area contributed by atoms with Crippen LogP contribution in [0.15, 0.2) is 28.7 Å². The van der Waals surface area contributed by atoms with E-state index in [1.807, 2.05) is 12.1 Å². The molecule has 20 heavy (non-hydrogen) atoms. The molecule has 5 heteroatoms. The van der Waals surface area contributed by atoms with Gasteiger partial charge in [-0.1, -0.05) is 35.2 Å². The highest BCUT2D eigenvalue weighted by atomic mass is 79.9. The summed E-state index contributed by atoms with van der Waals surface area (Å²) < 4.78 is 6.37. The summed E-state index contributed by atoms with van der Waals surface area (Å²) in [6.07, 6.45) is 4.57. The maximum absolute atomic E-state index is 11.9. The summed E-state index contributed by atoms with van der Waals surface area (Å²) in [6, 6.07) is 9.54. The number of nitrogens with one attached hydrogen (secondary N) is 1. The van der Waals surface area contributed by atoms with E-state index in [-0.39, 0.29) is 12.5 Å². The quantitative estimate of drug-likeness (QED) is 0.918. The molecule has 0 saturated heterocycles. The minimum Gasteiger partial charge on any atom is -0.484 e. The van der Waals surface area contributed by atoms with Gasteiger partial charge >= 0.3 is 0 Å². The monoisotopic (exact) mass is 336 g/mol. The van der Waals surface area contributed by atoms with Crippen LogP contribution < -0.4 is 10.1 Å². The number of benzene rings is 1. The molecule has 0 bridgehead atoms. The third-order valence-electron chi connectivity index (χ3n) is 3.48. The van der Waals surface area contributed by atoms with Crippen LogP contribution in [0.1, 0.15) is 32.1 Å². The van der Waals surface area contributed by atoms with E-state index in [1.54, 1.807) is 12.1 Å². The van der Waals surface area contributed by atoms with Gasteiger partial charge in [-0.15, -0.1) is 0 Å². The molecule has 1 aromatic rings. The number of ether oxygens (including phenoxy) is 1. The molecule has 0 unspecified atom stereocenters. The first kappa shape index (κ1) is 14.9. The van der Waals surface area contributed by atoms with Gasteiger partial charge in [-0.25, -0.2) is 0 Å². The minimum atomic E-state index is -0.696. The summed E-state index contributed by atoms with van der Waals surface area (Å²) in [5.74, 6) is 0.398.